The highest BCUT2D eigenvalue weighted by atomic mass is 16.5. The first-order valence-corrected chi connectivity index (χ1v) is 12.0. The van der Waals surface area contributed by atoms with E-state index in [-0.39, 0.29) is 43.4 Å². The summed E-state index contributed by atoms with van der Waals surface area (Å²) in [6.45, 7) is 4.08. The van der Waals surface area contributed by atoms with Crippen LogP contribution in [0.5, 0.6) is 0 Å². The second-order valence-corrected chi connectivity index (χ2v) is 8.87. The molecule has 0 fully saturated rings. The number of benzene rings is 2. The highest BCUT2D eigenvalue weighted by Crippen LogP contribution is 2.44. The summed E-state index contributed by atoms with van der Waals surface area (Å²) in [6, 6.07) is 16.2. The summed E-state index contributed by atoms with van der Waals surface area (Å²) in [5.41, 5.74) is 4.69. The van der Waals surface area contributed by atoms with E-state index < -0.39 is 12.1 Å². The maximum absolute atomic E-state index is 12.5. The highest BCUT2D eigenvalue weighted by molar-refractivity contribution is 5.79. The van der Waals surface area contributed by atoms with Crippen molar-refractivity contribution in [1.82, 2.24) is 10.6 Å². The van der Waals surface area contributed by atoms with E-state index >= 15 is 0 Å². The lowest BCUT2D eigenvalue weighted by atomic mass is 9.98. The van der Waals surface area contributed by atoms with Crippen LogP contribution in [0, 0.1) is 0 Å². The SMILES string of the molecule is CCC(CCC(=O)NC(C)CCCC(=O)O)NC(=O)OCC1c2ccccc2-c2ccccc21. The van der Waals surface area contributed by atoms with Gasteiger partial charge >= 0.3 is 12.1 Å². The second-order valence-electron chi connectivity index (χ2n) is 8.87. The third-order valence-electron chi connectivity index (χ3n) is 6.31. The fraction of sp³-hybridized carbons (Fsp3) is 0.444. The Balaban J connectivity index is 1.44. The average molecular weight is 467 g/mol. The topological polar surface area (TPSA) is 105 Å². The fourth-order valence-electron chi connectivity index (χ4n) is 4.47. The van der Waals surface area contributed by atoms with Gasteiger partial charge in [-0.15, -0.1) is 0 Å². The molecule has 0 saturated heterocycles. The predicted molar refractivity (Wildman–Crippen MR) is 131 cm³/mol. The summed E-state index contributed by atoms with van der Waals surface area (Å²) in [6.07, 6.45) is 2.25. The molecule has 0 bridgehead atoms. The van der Waals surface area contributed by atoms with Crippen molar-refractivity contribution in [2.75, 3.05) is 6.61 Å². The number of alkyl carbamates (subject to hydrolysis) is 1. The molecule has 2 amide bonds. The second kappa shape index (κ2) is 12.2. The minimum atomic E-state index is -0.830. The number of amides is 2. The van der Waals surface area contributed by atoms with Crippen molar-refractivity contribution in [3.05, 3.63) is 59.7 Å². The zero-order valence-corrected chi connectivity index (χ0v) is 19.9. The number of nitrogens with one attached hydrogen (secondary N) is 2. The molecule has 1 aliphatic rings. The van der Waals surface area contributed by atoms with Crippen LogP contribution in [0.2, 0.25) is 0 Å². The number of ether oxygens (including phenoxy) is 1. The van der Waals surface area contributed by atoms with E-state index in [1.807, 2.05) is 38.1 Å². The van der Waals surface area contributed by atoms with E-state index in [9.17, 15) is 14.4 Å². The third kappa shape index (κ3) is 6.83. The summed E-state index contributed by atoms with van der Waals surface area (Å²) < 4.78 is 5.61. The Morgan fingerprint density at radius 1 is 0.941 bits per heavy atom. The average Bonchev–Trinajstić information content (AvgIpc) is 3.14. The van der Waals surface area contributed by atoms with Crippen LogP contribution in [0.4, 0.5) is 4.79 Å². The van der Waals surface area contributed by atoms with Gasteiger partial charge in [0.15, 0.2) is 0 Å². The van der Waals surface area contributed by atoms with Crippen molar-refractivity contribution >= 4 is 18.0 Å². The van der Waals surface area contributed by atoms with Crippen molar-refractivity contribution in [2.24, 2.45) is 0 Å². The first-order chi connectivity index (χ1) is 16.4. The molecule has 2 aromatic rings. The van der Waals surface area contributed by atoms with Gasteiger partial charge in [0.1, 0.15) is 6.61 Å². The Morgan fingerprint density at radius 2 is 1.56 bits per heavy atom. The van der Waals surface area contributed by atoms with Gasteiger partial charge in [0.05, 0.1) is 0 Å². The van der Waals surface area contributed by atoms with E-state index in [0.29, 0.717) is 25.7 Å². The first-order valence-electron chi connectivity index (χ1n) is 12.0. The Bertz CT molecular complexity index is 961. The quantitative estimate of drug-likeness (QED) is 0.415. The molecular weight excluding hydrogens is 432 g/mol. The lowest BCUT2D eigenvalue weighted by Crippen LogP contribution is -2.38. The Morgan fingerprint density at radius 3 is 2.15 bits per heavy atom. The molecule has 0 radical (unpaired) electrons. The number of rotatable bonds is 12. The number of carbonyl (C=O) groups is 3. The number of fused-ring (bicyclic) bond motifs is 3. The number of hydrogen-bond donors (Lipinski definition) is 3. The van der Waals surface area contributed by atoms with Gasteiger partial charge in [-0.1, -0.05) is 55.5 Å². The van der Waals surface area contributed by atoms with E-state index in [1.54, 1.807) is 0 Å². The van der Waals surface area contributed by atoms with Crippen LogP contribution in [0.1, 0.15) is 69.4 Å². The van der Waals surface area contributed by atoms with Gasteiger partial charge in [0, 0.05) is 30.8 Å². The molecule has 2 aromatic carbocycles. The molecule has 0 saturated carbocycles. The summed E-state index contributed by atoms with van der Waals surface area (Å²) in [4.78, 5) is 35.3. The maximum Gasteiger partial charge on any atom is 0.407 e. The van der Waals surface area contributed by atoms with Crippen molar-refractivity contribution in [3.8, 4) is 11.1 Å². The van der Waals surface area contributed by atoms with Gasteiger partial charge < -0.3 is 20.5 Å². The van der Waals surface area contributed by atoms with Crippen molar-refractivity contribution in [3.63, 3.8) is 0 Å². The van der Waals surface area contributed by atoms with Crippen molar-refractivity contribution < 1.29 is 24.2 Å². The summed E-state index contributed by atoms with van der Waals surface area (Å²) >= 11 is 0. The van der Waals surface area contributed by atoms with Gasteiger partial charge in [-0.3, -0.25) is 9.59 Å². The van der Waals surface area contributed by atoms with Crippen LogP contribution in [-0.4, -0.2) is 41.8 Å². The first kappa shape index (κ1) is 25.3. The molecule has 3 rings (SSSR count). The van der Waals surface area contributed by atoms with Gasteiger partial charge in [-0.2, -0.15) is 0 Å². The minimum absolute atomic E-state index is 0.00613. The van der Waals surface area contributed by atoms with Crippen LogP contribution in [0.15, 0.2) is 48.5 Å². The smallest absolute Gasteiger partial charge is 0.407 e. The lowest BCUT2D eigenvalue weighted by Gasteiger charge is -2.19. The molecule has 182 valence electrons. The maximum atomic E-state index is 12.5. The van der Waals surface area contributed by atoms with Gasteiger partial charge in [0.2, 0.25) is 5.91 Å². The number of carboxylic acid groups (broad SMARTS) is 1. The Labute approximate surface area is 200 Å². The van der Waals surface area contributed by atoms with Crippen LogP contribution in [0.25, 0.3) is 11.1 Å². The largest absolute Gasteiger partial charge is 0.481 e. The molecule has 7 heteroatoms. The number of hydrogen-bond acceptors (Lipinski definition) is 4. The normalized spacial score (nSPS) is 13.9. The van der Waals surface area contributed by atoms with Gasteiger partial charge in [-0.25, -0.2) is 4.79 Å². The van der Waals surface area contributed by atoms with Crippen molar-refractivity contribution in [1.29, 1.82) is 0 Å². The molecule has 2 atom stereocenters. The lowest BCUT2D eigenvalue weighted by molar-refractivity contribution is -0.137. The molecular formula is C27H34N2O5. The number of aliphatic carboxylic acids is 1. The number of carbonyl (C=O) groups excluding carboxylic acids is 2. The zero-order chi connectivity index (χ0) is 24.5. The number of carboxylic acids is 1. The molecule has 0 aromatic heterocycles. The fourth-order valence-corrected chi connectivity index (χ4v) is 4.47. The van der Waals surface area contributed by atoms with E-state index in [4.69, 9.17) is 9.84 Å². The van der Waals surface area contributed by atoms with E-state index in [1.165, 1.54) is 11.1 Å². The van der Waals surface area contributed by atoms with Crippen molar-refractivity contribution in [2.45, 2.75) is 70.4 Å². The van der Waals surface area contributed by atoms with Crippen LogP contribution < -0.4 is 10.6 Å². The molecule has 7 nitrogen and oxygen atoms in total. The predicted octanol–water partition coefficient (Wildman–Crippen LogP) is 4.84. The van der Waals surface area contributed by atoms with Crippen LogP contribution in [-0.2, 0) is 14.3 Å². The zero-order valence-electron chi connectivity index (χ0n) is 19.9. The molecule has 0 heterocycles. The molecule has 34 heavy (non-hydrogen) atoms. The molecule has 0 aliphatic heterocycles. The van der Waals surface area contributed by atoms with Gasteiger partial charge in [0.25, 0.3) is 0 Å². The Hall–Kier alpha value is -3.35. The molecule has 2 unspecified atom stereocenters. The third-order valence-corrected chi connectivity index (χ3v) is 6.31. The molecule has 1 aliphatic carbocycles. The summed E-state index contributed by atoms with van der Waals surface area (Å²) in [5, 5.41) is 14.5. The summed E-state index contributed by atoms with van der Waals surface area (Å²) in [7, 11) is 0. The Kier molecular flexibility index (Phi) is 9.08. The van der Waals surface area contributed by atoms with Crippen LogP contribution >= 0.6 is 0 Å². The highest BCUT2D eigenvalue weighted by Gasteiger charge is 2.29. The monoisotopic (exact) mass is 466 g/mol. The molecule has 0 spiro atoms. The van der Waals surface area contributed by atoms with Crippen LogP contribution in [0.3, 0.4) is 0 Å². The molecule has 3 N–H and O–H groups in total. The van der Waals surface area contributed by atoms with Gasteiger partial charge in [-0.05, 0) is 54.9 Å². The summed E-state index contributed by atoms with van der Waals surface area (Å²) in [5.74, 6) is -0.925. The van der Waals surface area contributed by atoms with E-state index in [0.717, 1.165) is 11.1 Å². The standard InChI is InChI=1S/C27H34N2O5/c1-3-19(15-16-25(30)28-18(2)9-8-14-26(31)32)29-27(33)34-17-24-22-12-6-4-10-20(22)21-11-5-7-13-23(21)24/h4-7,10-13,18-19,24H,3,8-9,14-17H2,1-2H3,(H,28,30)(H,29,33)(H,31,32). The van der Waals surface area contributed by atoms with E-state index in [2.05, 4.69) is 34.9 Å². The minimum Gasteiger partial charge on any atom is -0.481 e.